The number of hydrogen-bond acceptors (Lipinski definition) is 5. The SMILES string of the molecule is COc1cc(NC(=O)CN2CCCC3(CCOCC3)C2)cc(OC)c1. The first-order valence-corrected chi connectivity index (χ1v) is 8.95. The van der Waals surface area contributed by atoms with E-state index in [0.29, 0.717) is 29.1 Å². The maximum Gasteiger partial charge on any atom is 0.238 e. The fraction of sp³-hybridized carbons (Fsp3) is 0.632. The van der Waals surface area contributed by atoms with Crippen LogP contribution in [0.4, 0.5) is 5.69 Å². The van der Waals surface area contributed by atoms with Gasteiger partial charge in [-0.05, 0) is 37.6 Å². The average molecular weight is 348 g/mol. The molecule has 2 aliphatic rings. The van der Waals surface area contributed by atoms with Crippen molar-refractivity contribution in [2.45, 2.75) is 25.7 Å². The van der Waals surface area contributed by atoms with Gasteiger partial charge in [-0.3, -0.25) is 9.69 Å². The fourth-order valence-corrected chi connectivity index (χ4v) is 3.94. The molecule has 2 fully saturated rings. The molecule has 0 bridgehead atoms. The van der Waals surface area contributed by atoms with Gasteiger partial charge in [0.1, 0.15) is 11.5 Å². The smallest absolute Gasteiger partial charge is 0.238 e. The number of carbonyl (C=O) groups is 1. The van der Waals surface area contributed by atoms with Gasteiger partial charge < -0.3 is 19.5 Å². The molecule has 1 aromatic rings. The molecule has 3 rings (SSSR count). The Balaban J connectivity index is 1.58. The van der Waals surface area contributed by atoms with Crippen LogP contribution in [0.15, 0.2) is 18.2 Å². The van der Waals surface area contributed by atoms with Crippen LogP contribution in [-0.2, 0) is 9.53 Å². The third-order valence-electron chi connectivity index (χ3n) is 5.30. The van der Waals surface area contributed by atoms with Gasteiger partial charge in [-0.25, -0.2) is 0 Å². The number of hydrogen-bond donors (Lipinski definition) is 1. The number of nitrogens with zero attached hydrogens (tertiary/aromatic N) is 1. The van der Waals surface area contributed by atoms with Crippen molar-refractivity contribution >= 4 is 11.6 Å². The molecule has 1 amide bonds. The molecule has 0 unspecified atom stereocenters. The number of rotatable bonds is 5. The van der Waals surface area contributed by atoms with Crippen molar-refractivity contribution in [2.24, 2.45) is 5.41 Å². The monoisotopic (exact) mass is 348 g/mol. The van der Waals surface area contributed by atoms with Crippen molar-refractivity contribution in [3.8, 4) is 11.5 Å². The molecule has 1 aromatic carbocycles. The molecule has 0 saturated carbocycles. The third-order valence-corrected chi connectivity index (χ3v) is 5.30. The van der Waals surface area contributed by atoms with Gasteiger partial charge in [-0.15, -0.1) is 0 Å². The maximum atomic E-state index is 12.5. The molecule has 6 nitrogen and oxygen atoms in total. The first-order chi connectivity index (χ1) is 12.1. The van der Waals surface area contributed by atoms with Gasteiger partial charge in [0, 0.05) is 43.6 Å². The molecule has 25 heavy (non-hydrogen) atoms. The Morgan fingerprint density at radius 3 is 2.48 bits per heavy atom. The summed E-state index contributed by atoms with van der Waals surface area (Å²) in [4.78, 5) is 14.8. The Hall–Kier alpha value is -1.79. The summed E-state index contributed by atoms with van der Waals surface area (Å²) < 4.78 is 16.0. The van der Waals surface area contributed by atoms with Gasteiger partial charge >= 0.3 is 0 Å². The lowest BCUT2D eigenvalue weighted by Gasteiger charge is -2.44. The number of benzene rings is 1. The van der Waals surface area contributed by atoms with E-state index in [0.717, 1.165) is 45.6 Å². The van der Waals surface area contributed by atoms with Crippen LogP contribution in [0.3, 0.4) is 0 Å². The number of anilines is 1. The van der Waals surface area contributed by atoms with Crippen LogP contribution in [0.25, 0.3) is 0 Å². The van der Waals surface area contributed by atoms with Crippen LogP contribution >= 0.6 is 0 Å². The van der Waals surface area contributed by atoms with Crippen LogP contribution in [0.1, 0.15) is 25.7 Å². The Bertz CT molecular complexity index is 571. The van der Waals surface area contributed by atoms with E-state index in [1.54, 1.807) is 32.4 Å². The first kappa shape index (κ1) is 18.0. The van der Waals surface area contributed by atoms with Crippen LogP contribution < -0.4 is 14.8 Å². The van der Waals surface area contributed by atoms with E-state index in [1.165, 1.54) is 6.42 Å². The van der Waals surface area contributed by atoms with Gasteiger partial charge in [0.2, 0.25) is 5.91 Å². The van der Waals surface area contributed by atoms with E-state index in [9.17, 15) is 4.79 Å². The summed E-state index contributed by atoms with van der Waals surface area (Å²) in [6, 6.07) is 5.39. The Morgan fingerprint density at radius 1 is 1.16 bits per heavy atom. The molecule has 138 valence electrons. The summed E-state index contributed by atoms with van der Waals surface area (Å²) in [5.74, 6) is 1.32. The predicted molar refractivity (Wildman–Crippen MR) is 96.3 cm³/mol. The number of likely N-dealkylation sites (tertiary alicyclic amines) is 1. The van der Waals surface area contributed by atoms with Crippen molar-refractivity contribution in [2.75, 3.05) is 52.4 Å². The van der Waals surface area contributed by atoms with Crippen molar-refractivity contribution in [3.05, 3.63) is 18.2 Å². The van der Waals surface area contributed by atoms with Crippen LogP contribution in [0.5, 0.6) is 11.5 Å². The van der Waals surface area contributed by atoms with Crippen molar-refractivity contribution in [1.29, 1.82) is 0 Å². The number of methoxy groups -OCH3 is 2. The number of amides is 1. The molecule has 2 heterocycles. The molecule has 1 N–H and O–H groups in total. The summed E-state index contributed by atoms with van der Waals surface area (Å²) in [7, 11) is 3.20. The Labute approximate surface area is 149 Å². The second kappa shape index (κ2) is 8.06. The van der Waals surface area contributed by atoms with Gasteiger partial charge in [0.15, 0.2) is 0 Å². The van der Waals surface area contributed by atoms with E-state index in [-0.39, 0.29) is 5.91 Å². The summed E-state index contributed by atoms with van der Waals surface area (Å²) in [6.45, 7) is 4.10. The Kier molecular flexibility index (Phi) is 5.81. The maximum absolute atomic E-state index is 12.5. The molecule has 2 aliphatic heterocycles. The number of nitrogens with one attached hydrogen (secondary N) is 1. The van der Waals surface area contributed by atoms with Crippen molar-refractivity contribution in [1.82, 2.24) is 4.90 Å². The van der Waals surface area contributed by atoms with E-state index >= 15 is 0 Å². The largest absolute Gasteiger partial charge is 0.497 e. The molecular formula is C19H28N2O4. The molecule has 0 atom stereocenters. The zero-order valence-electron chi connectivity index (χ0n) is 15.2. The highest BCUT2D eigenvalue weighted by Gasteiger charge is 2.37. The summed E-state index contributed by atoms with van der Waals surface area (Å²) in [6.07, 6.45) is 4.62. The second-order valence-electron chi connectivity index (χ2n) is 7.08. The quantitative estimate of drug-likeness (QED) is 0.886. The van der Waals surface area contributed by atoms with Crippen LogP contribution in [0, 0.1) is 5.41 Å². The van der Waals surface area contributed by atoms with E-state index < -0.39 is 0 Å². The van der Waals surface area contributed by atoms with Crippen molar-refractivity contribution in [3.63, 3.8) is 0 Å². The van der Waals surface area contributed by atoms with Gasteiger partial charge in [0.05, 0.1) is 20.8 Å². The highest BCUT2D eigenvalue weighted by molar-refractivity contribution is 5.92. The Morgan fingerprint density at radius 2 is 1.84 bits per heavy atom. The van der Waals surface area contributed by atoms with E-state index in [4.69, 9.17) is 14.2 Å². The molecule has 6 heteroatoms. The minimum absolute atomic E-state index is 0.000541. The van der Waals surface area contributed by atoms with E-state index in [2.05, 4.69) is 10.2 Å². The first-order valence-electron chi connectivity index (χ1n) is 8.95. The molecule has 1 spiro atoms. The molecule has 0 aromatic heterocycles. The standard InChI is InChI=1S/C19H28N2O4/c1-23-16-10-15(11-17(12-16)24-2)20-18(22)13-21-7-3-4-19(14-21)5-8-25-9-6-19/h10-12H,3-9,13-14H2,1-2H3,(H,20,22). The molecule has 0 radical (unpaired) electrons. The molecule has 2 saturated heterocycles. The normalized spacial score (nSPS) is 20.2. The zero-order valence-corrected chi connectivity index (χ0v) is 15.2. The minimum atomic E-state index is -0.000541. The van der Waals surface area contributed by atoms with Crippen molar-refractivity contribution < 1.29 is 19.0 Å². The number of piperidine rings is 1. The average Bonchev–Trinajstić information content (AvgIpc) is 2.62. The fourth-order valence-electron chi connectivity index (χ4n) is 3.94. The third kappa shape index (κ3) is 4.64. The van der Waals surface area contributed by atoms with Crippen LogP contribution in [0.2, 0.25) is 0 Å². The highest BCUT2D eigenvalue weighted by atomic mass is 16.5. The number of ether oxygens (including phenoxy) is 3. The second-order valence-corrected chi connectivity index (χ2v) is 7.08. The molecular weight excluding hydrogens is 320 g/mol. The van der Waals surface area contributed by atoms with E-state index in [1.807, 2.05) is 0 Å². The summed E-state index contributed by atoms with van der Waals surface area (Å²) >= 11 is 0. The molecule has 0 aliphatic carbocycles. The highest BCUT2D eigenvalue weighted by Crippen LogP contribution is 2.39. The lowest BCUT2D eigenvalue weighted by atomic mass is 9.74. The van der Waals surface area contributed by atoms with Gasteiger partial charge in [0.25, 0.3) is 0 Å². The van der Waals surface area contributed by atoms with Gasteiger partial charge in [-0.2, -0.15) is 0 Å². The van der Waals surface area contributed by atoms with Crippen LogP contribution in [-0.4, -0.2) is 57.9 Å². The summed E-state index contributed by atoms with van der Waals surface area (Å²) in [5.41, 5.74) is 1.04. The van der Waals surface area contributed by atoms with Gasteiger partial charge in [-0.1, -0.05) is 0 Å². The minimum Gasteiger partial charge on any atom is -0.497 e. The lowest BCUT2D eigenvalue weighted by molar-refractivity contribution is -0.118. The lowest BCUT2D eigenvalue weighted by Crippen LogP contribution is -2.48. The summed E-state index contributed by atoms with van der Waals surface area (Å²) in [5, 5.41) is 2.96. The topological polar surface area (TPSA) is 60.0 Å². The predicted octanol–water partition coefficient (Wildman–Crippen LogP) is 2.53. The zero-order chi connectivity index (χ0) is 17.7. The number of carbonyl (C=O) groups excluding carboxylic acids is 1.